The fourth-order valence-corrected chi connectivity index (χ4v) is 6.49. The maximum absolute atomic E-state index is 13.4. The van der Waals surface area contributed by atoms with Gasteiger partial charge >= 0.3 is 0 Å². The minimum absolute atomic E-state index is 0.108. The van der Waals surface area contributed by atoms with Gasteiger partial charge in [-0.1, -0.05) is 13.8 Å². The van der Waals surface area contributed by atoms with Crippen molar-refractivity contribution in [3.8, 4) is 5.75 Å². The Labute approximate surface area is 190 Å². The number of amides is 2. The van der Waals surface area contributed by atoms with E-state index >= 15 is 0 Å². The summed E-state index contributed by atoms with van der Waals surface area (Å²) < 4.78 is 34.0. The van der Waals surface area contributed by atoms with Crippen molar-refractivity contribution in [1.82, 2.24) is 9.21 Å². The molecule has 2 fully saturated rings. The smallest absolute Gasteiger partial charge is 0.265 e. The van der Waals surface area contributed by atoms with Gasteiger partial charge in [0.2, 0.25) is 15.9 Å². The lowest BCUT2D eigenvalue weighted by molar-refractivity contribution is -0.138. The van der Waals surface area contributed by atoms with Gasteiger partial charge in [-0.05, 0) is 56.6 Å². The summed E-state index contributed by atoms with van der Waals surface area (Å²) >= 11 is 0. The van der Waals surface area contributed by atoms with E-state index in [1.807, 2.05) is 11.8 Å². The minimum Gasteiger partial charge on any atom is -0.478 e. The zero-order valence-corrected chi connectivity index (χ0v) is 19.9. The van der Waals surface area contributed by atoms with Crippen molar-refractivity contribution < 1.29 is 22.7 Å². The highest BCUT2D eigenvalue weighted by Gasteiger charge is 2.36. The number of benzene rings is 1. The van der Waals surface area contributed by atoms with Crippen molar-refractivity contribution in [2.24, 2.45) is 11.8 Å². The molecular formula is C23H33N3O5S. The molecule has 176 valence electrons. The lowest BCUT2D eigenvalue weighted by Gasteiger charge is -2.36. The molecule has 2 saturated heterocycles. The second-order valence-corrected chi connectivity index (χ2v) is 11.2. The van der Waals surface area contributed by atoms with Crippen LogP contribution in [0.4, 0.5) is 5.69 Å². The van der Waals surface area contributed by atoms with Gasteiger partial charge in [0.25, 0.3) is 5.91 Å². The Morgan fingerprint density at radius 1 is 1.12 bits per heavy atom. The monoisotopic (exact) mass is 463 g/mol. The van der Waals surface area contributed by atoms with Crippen LogP contribution in [0.1, 0.15) is 51.5 Å². The summed E-state index contributed by atoms with van der Waals surface area (Å²) in [5, 5.41) is 2.80. The molecule has 0 spiro atoms. The van der Waals surface area contributed by atoms with E-state index in [9.17, 15) is 18.0 Å². The van der Waals surface area contributed by atoms with E-state index in [-0.39, 0.29) is 22.6 Å². The summed E-state index contributed by atoms with van der Waals surface area (Å²) in [4.78, 5) is 27.1. The molecule has 3 aliphatic heterocycles. The summed E-state index contributed by atoms with van der Waals surface area (Å²) in [6.45, 7) is 8.05. The molecule has 3 heterocycles. The average Bonchev–Trinajstić information content (AvgIpc) is 2.78. The molecule has 1 aromatic rings. The van der Waals surface area contributed by atoms with E-state index in [4.69, 9.17) is 4.74 Å². The average molecular weight is 464 g/mol. The number of anilines is 1. The molecular weight excluding hydrogens is 430 g/mol. The summed E-state index contributed by atoms with van der Waals surface area (Å²) in [5.74, 6) is 0.891. The van der Waals surface area contributed by atoms with E-state index in [2.05, 4.69) is 12.2 Å². The van der Waals surface area contributed by atoms with Crippen LogP contribution in [0.3, 0.4) is 0 Å². The number of fused-ring (bicyclic) bond motifs is 1. The zero-order valence-electron chi connectivity index (χ0n) is 19.1. The molecule has 0 aromatic heterocycles. The van der Waals surface area contributed by atoms with Crippen molar-refractivity contribution >= 4 is 27.5 Å². The van der Waals surface area contributed by atoms with Gasteiger partial charge in [0.05, 0.1) is 10.6 Å². The van der Waals surface area contributed by atoms with Crippen LogP contribution < -0.4 is 10.1 Å². The van der Waals surface area contributed by atoms with Crippen LogP contribution in [0.25, 0.3) is 0 Å². The molecule has 1 unspecified atom stereocenters. The van der Waals surface area contributed by atoms with E-state index < -0.39 is 16.1 Å². The number of nitrogens with one attached hydrogen (secondary N) is 1. The predicted octanol–water partition coefficient (Wildman–Crippen LogP) is 2.76. The van der Waals surface area contributed by atoms with Crippen molar-refractivity contribution in [2.45, 2.75) is 63.9 Å². The predicted molar refractivity (Wildman–Crippen MR) is 121 cm³/mol. The summed E-state index contributed by atoms with van der Waals surface area (Å²) in [7, 11) is -3.73. The molecule has 32 heavy (non-hydrogen) atoms. The Kier molecular flexibility index (Phi) is 6.49. The number of piperidine rings is 2. The zero-order chi connectivity index (χ0) is 23.0. The van der Waals surface area contributed by atoms with Crippen LogP contribution in [-0.4, -0.2) is 61.7 Å². The Bertz CT molecular complexity index is 993. The number of carbonyl (C=O) groups excluding carboxylic acids is 2. The first-order chi connectivity index (χ1) is 15.2. The Morgan fingerprint density at radius 2 is 1.78 bits per heavy atom. The first kappa shape index (κ1) is 23.0. The highest BCUT2D eigenvalue weighted by molar-refractivity contribution is 7.89. The molecule has 9 heteroatoms. The molecule has 0 radical (unpaired) electrons. The molecule has 8 nitrogen and oxygen atoms in total. The van der Waals surface area contributed by atoms with Crippen LogP contribution in [0.5, 0.6) is 5.75 Å². The van der Waals surface area contributed by atoms with Gasteiger partial charge in [-0.15, -0.1) is 0 Å². The summed E-state index contributed by atoms with van der Waals surface area (Å²) in [6.07, 6.45) is 3.03. The van der Waals surface area contributed by atoms with Gasteiger partial charge in [-0.2, -0.15) is 4.31 Å². The highest BCUT2D eigenvalue weighted by Crippen LogP contribution is 2.36. The lowest BCUT2D eigenvalue weighted by atomic mass is 9.93. The van der Waals surface area contributed by atoms with Crippen LogP contribution in [-0.2, 0) is 19.6 Å². The SMILES string of the molecule is CCC1Oc2cc(S(=O)(=O)N3CCC(C(=O)N4CCC(C)CC4)CC3)c(C)cc2NC1=O. The lowest BCUT2D eigenvalue weighted by Crippen LogP contribution is -2.46. The first-order valence-corrected chi connectivity index (χ1v) is 13.1. The van der Waals surface area contributed by atoms with Crippen LogP contribution in [0.15, 0.2) is 17.0 Å². The second kappa shape index (κ2) is 9.02. The number of carbonyl (C=O) groups is 2. The highest BCUT2D eigenvalue weighted by atomic mass is 32.2. The third kappa shape index (κ3) is 4.37. The molecule has 1 aromatic carbocycles. The van der Waals surface area contributed by atoms with Crippen LogP contribution >= 0.6 is 0 Å². The van der Waals surface area contributed by atoms with E-state index in [0.29, 0.717) is 55.3 Å². The Balaban J connectivity index is 1.46. The maximum atomic E-state index is 13.4. The molecule has 1 N–H and O–H groups in total. The van der Waals surface area contributed by atoms with Gasteiger partial charge in [0.15, 0.2) is 6.10 Å². The topological polar surface area (TPSA) is 96.0 Å². The van der Waals surface area contributed by atoms with Gasteiger partial charge in [-0.25, -0.2) is 8.42 Å². The number of hydrogen-bond acceptors (Lipinski definition) is 5. The van der Waals surface area contributed by atoms with Gasteiger partial charge in [0.1, 0.15) is 5.75 Å². The Hall–Kier alpha value is -2.13. The largest absolute Gasteiger partial charge is 0.478 e. The number of rotatable bonds is 4. The molecule has 3 aliphatic rings. The fraction of sp³-hybridized carbons (Fsp3) is 0.652. The molecule has 0 bridgehead atoms. The number of sulfonamides is 1. The Morgan fingerprint density at radius 3 is 2.41 bits per heavy atom. The molecule has 0 saturated carbocycles. The molecule has 2 amide bonds. The van der Waals surface area contributed by atoms with Crippen LogP contribution in [0, 0.1) is 18.8 Å². The molecule has 1 atom stereocenters. The summed E-state index contributed by atoms with van der Waals surface area (Å²) in [6, 6.07) is 3.17. The number of hydrogen-bond donors (Lipinski definition) is 1. The number of aryl methyl sites for hydroxylation is 1. The third-order valence-electron chi connectivity index (χ3n) is 6.98. The standard InChI is InChI=1S/C23H33N3O5S/c1-4-19-22(27)24-18-13-16(3)21(14-20(18)31-19)32(29,30)26-11-7-17(8-12-26)23(28)25-9-5-15(2)6-10-25/h13-15,17,19H,4-12H2,1-3H3,(H,24,27). The van der Waals surface area contributed by atoms with E-state index in [1.54, 1.807) is 13.0 Å². The van der Waals surface area contributed by atoms with Crippen molar-refractivity contribution in [3.63, 3.8) is 0 Å². The quantitative estimate of drug-likeness (QED) is 0.741. The van der Waals surface area contributed by atoms with Crippen molar-refractivity contribution in [1.29, 1.82) is 0 Å². The molecule has 4 rings (SSSR count). The van der Waals surface area contributed by atoms with Crippen LogP contribution in [0.2, 0.25) is 0 Å². The minimum atomic E-state index is -3.73. The van der Waals surface area contributed by atoms with Crippen molar-refractivity contribution in [2.75, 3.05) is 31.5 Å². The normalized spacial score (nSPS) is 23.4. The van der Waals surface area contributed by atoms with Gasteiger partial charge in [0, 0.05) is 38.2 Å². The first-order valence-electron chi connectivity index (χ1n) is 11.6. The van der Waals surface area contributed by atoms with E-state index in [1.165, 1.54) is 10.4 Å². The number of nitrogens with zero attached hydrogens (tertiary/aromatic N) is 2. The number of likely N-dealkylation sites (tertiary alicyclic amines) is 1. The second-order valence-electron chi connectivity index (χ2n) is 9.30. The third-order valence-corrected chi connectivity index (χ3v) is 9.02. The van der Waals surface area contributed by atoms with Crippen molar-refractivity contribution in [3.05, 3.63) is 17.7 Å². The van der Waals surface area contributed by atoms with Gasteiger partial charge in [-0.3, -0.25) is 9.59 Å². The summed E-state index contributed by atoms with van der Waals surface area (Å²) in [5.41, 5.74) is 1.06. The number of ether oxygens (including phenoxy) is 1. The van der Waals surface area contributed by atoms with Gasteiger partial charge < -0.3 is 15.0 Å². The maximum Gasteiger partial charge on any atom is 0.265 e. The van der Waals surface area contributed by atoms with E-state index in [0.717, 1.165) is 25.9 Å². The molecule has 0 aliphatic carbocycles. The fourth-order valence-electron chi connectivity index (χ4n) is 4.80.